The fourth-order valence-corrected chi connectivity index (χ4v) is 4.00. The standard InChI is InChI=1S/C25H21ClN2O4/c1-3-15-6-9-18(10-7-15)28-22(17-5-4-12-27-14-17)21(24(30)25(28)31)23(29)16-8-11-19(26)20(13-16)32-2/h4-14,22,29H,3H2,1-2H3/b23-21-. The maximum absolute atomic E-state index is 13.1. The molecule has 1 fully saturated rings. The predicted molar refractivity (Wildman–Crippen MR) is 123 cm³/mol. The van der Waals surface area contributed by atoms with Gasteiger partial charge in [0.05, 0.1) is 23.7 Å². The summed E-state index contributed by atoms with van der Waals surface area (Å²) in [6.07, 6.45) is 4.04. The van der Waals surface area contributed by atoms with E-state index in [0.717, 1.165) is 12.0 Å². The number of hydrogen-bond acceptors (Lipinski definition) is 5. The lowest BCUT2D eigenvalue weighted by molar-refractivity contribution is -0.132. The number of aliphatic hydroxyl groups is 1. The fraction of sp³-hybridized carbons (Fsp3) is 0.160. The molecule has 6 nitrogen and oxygen atoms in total. The Hall–Kier alpha value is -3.64. The van der Waals surface area contributed by atoms with Gasteiger partial charge in [0.15, 0.2) is 0 Å². The number of methoxy groups -OCH3 is 1. The first kappa shape index (κ1) is 21.6. The topological polar surface area (TPSA) is 79.7 Å². The largest absolute Gasteiger partial charge is 0.507 e. The molecule has 3 aromatic rings. The number of benzene rings is 2. The van der Waals surface area contributed by atoms with Gasteiger partial charge in [-0.25, -0.2) is 0 Å². The monoisotopic (exact) mass is 448 g/mol. The second kappa shape index (κ2) is 8.85. The van der Waals surface area contributed by atoms with Crippen LogP contribution in [0.3, 0.4) is 0 Å². The van der Waals surface area contributed by atoms with E-state index in [1.165, 1.54) is 18.1 Å². The number of Topliss-reactive ketones (excluding diaryl/α,β-unsaturated/α-hetero) is 1. The van der Waals surface area contributed by atoms with E-state index in [4.69, 9.17) is 16.3 Å². The van der Waals surface area contributed by atoms with Crippen LogP contribution in [-0.2, 0) is 16.0 Å². The van der Waals surface area contributed by atoms with Crippen LogP contribution in [0, 0.1) is 0 Å². The van der Waals surface area contributed by atoms with Crippen molar-refractivity contribution in [3.05, 3.63) is 94.3 Å². The summed E-state index contributed by atoms with van der Waals surface area (Å²) in [4.78, 5) is 31.8. The summed E-state index contributed by atoms with van der Waals surface area (Å²) in [6, 6.07) is 14.8. The van der Waals surface area contributed by atoms with Crippen molar-refractivity contribution in [2.24, 2.45) is 0 Å². The molecule has 4 rings (SSSR count). The van der Waals surface area contributed by atoms with Crippen LogP contribution in [0.2, 0.25) is 5.02 Å². The summed E-state index contributed by atoms with van der Waals surface area (Å²) in [6.45, 7) is 2.04. The van der Waals surface area contributed by atoms with E-state index in [9.17, 15) is 14.7 Å². The molecule has 1 N–H and O–H groups in total. The van der Waals surface area contributed by atoms with E-state index in [0.29, 0.717) is 27.6 Å². The lowest BCUT2D eigenvalue weighted by Crippen LogP contribution is -2.29. The number of pyridine rings is 1. The highest BCUT2D eigenvalue weighted by Gasteiger charge is 2.47. The molecule has 0 bridgehead atoms. The van der Waals surface area contributed by atoms with Gasteiger partial charge in [-0.3, -0.25) is 19.5 Å². The van der Waals surface area contributed by atoms with Crippen molar-refractivity contribution in [3.8, 4) is 5.75 Å². The van der Waals surface area contributed by atoms with Crippen LogP contribution < -0.4 is 9.64 Å². The second-order valence-electron chi connectivity index (χ2n) is 7.32. The van der Waals surface area contributed by atoms with Crippen LogP contribution in [-0.4, -0.2) is 28.9 Å². The third kappa shape index (κ3) is 3.74. The number of halogens is 1. The van der Waals surface area contributed by atoms with Gasteiger partial charge in [0.2, 0.25) is 0 Å². The molecule has 0 radical (unpaired) electrons. The predicted octanol–water partition coefficient (Wildman–Crippen LogP) is 4.93. The molecule has 1 aliphatic heterocycles. The quantitative estimate of drug-likeness (QED) is 0.340. The number of nitrogens with zero attached hydrogens (tertiary/aromatic N) is 2. The number of rotatable bonds is 5. The van der Waals surface area contributed by atoms with E-state index < -0.39 is 17.7 Å². The number of aryl methyl sites for hydroxylation is 1. The lowest BCUT2D eigenvalue weighted by Gasteiger charge is -2.25. The van der Waals surface area contributed by atoms with Crippen molar-refractivity contribution in [1.82, 2.24) is 4.98 Å². The van der Waals surface area contributed by atoms with Crippen LogP contribution in [0.4, 0.5) is 5.69 Å². The Bertz CT molecular complexity index is 1210. The van der Waals surface area contributed by atoms with Gasteiger partial charge in [0.25, 0.3) is 11.7 Å². The SMILES string of the molecule is CCc1ccc(N2C(=O)C(=O)/C(=C(\O)c3ccc(Cl)c(OC)c3)C2c2cccnc2)cc1. The Morgan fingerprint density at radius 3 is 2.53 bits per heavy atom. The van der Waals surface area contributed by atoms with Gasteiger partial charge in [-0.1, -0.05) is 36.7 Å². The maximum Gasteiger partial charge on any atom is 0.300 e. The summed E-state index contributed by atoms with van der Waals surface area (Å²) in [5, 5.41) is 11.5. The van der Waals surface area contributed by atoms with Gasteiger partial charge in [0.1, 0.15) is 11.5 Å². The normalized spacial score (nSPS) is 17.6. The number of ketones is 1. The first-order chi connectivity index (χ1) is 15.5. The van der Waals surface area contributed by atoms with Crippen molar-refractivity contribution < 1.29 is 19.4 Å². The first-order valence-electron chi connectivity index (χ1n) is 10.1. The molecule has 1 aromatic heterocycles. The van der Waals surface area contributed by atoms with Crippen molar-refractivity contribution in [3.63, 3.8) is 0 Å². The van der Waals surface area contributed by atoms with Crippen LogP contribution in [0.15, 0.2) is 72.6 Å². The van der Waals surface area contributed by atoms with Gasteiger partial charge in [-0.15, -0.1) is 0 Å². The highest BCUT2D eigenvalue weighted by molar-refractivity contribution is 6.51. The number of ether oxygens (including phenoxy) is 1. The molecular weight excluding hydrogens is 428 g/mol. The third-order valence-electron chi connectivity index (χ3n) is 5.49. The average molecular weight is 449 g/mol. The Balaban J connectivity index is 1.91. The Kier molecular flexibility index (Phi) is 5.97. The Morgan fingerprint density at radius 2 is 1.91 bits per heavy atom. The number of aliphatic hydroxyl groups excluding tert-OH is 1. The van der Waals surface area contributed by atoms with Gasteiger partial charge >= 0.3 is 0 Å². The number of anilines is 1. The third-order valence-corrected chi connectivity index (χ3v) is 5.80. The number of carbonyl (C=O) groups excluding carboxylic acids is 2. The molecule has 0 aliphatic carbocycles. The summed E-state index contributed by atoms with van der Waals surface area (Å²) in [7, 11) is 1.46. The summed E-state index contributed by atoms with van der Waals surface area (Å²) < 4.78 is 5.23. The van der Waals surface area contributed by atoms with E-state index in [-0.39, 0.29) is 11.3 Å². The molecule has 1 unspecified atom stereocenters. The van der Waals surface area contributed by atoms with E-state index in [2.05, 4.69) is 4.98 Å². The maximum atomic E-state index is 13.1. The molecule has 0 spiro atoms. The van der Waals surface area contributed by atoms with Gasteiger partial charge in [-0.2, -0.15) is 0 Å². The first-order valence-corrected chi connectivity index (χ1v) is 10.5. The Morgan fingerprint density at radius 1 is 1.16 bits per heavy atom. The summed E-state index contributed by atoms with van der Waals surface area (Å²) in [5.41, 5.74) is 2.57. The van der Waals surface area contributed by atoms with Gasteiger partial charge in [0, 0.05) is 23.6 Å². The molecule has 1 saturated heterocycles. The average Bonchev–Trinajstić information content (AvgIpc) is 3.10. The van der Waals surface area contributed by atoms with Crippen LogP contribution >= 0.6 is 11.6 Å². The smallest absolute Gasteiger partial charge is 0.300 e. The zero-order valence-corrected chi connectivity index (χ0v) is 18.3. The fourth-order valence-electron chi connectivity index (χ4n) is 3.81. The highest BCUT2D eigenvalue weighted by atomic mass is 35.5. The van der Waals surface area contributed by atoms with Crippen molar-refractivity contribution in [2.75, 3.05) is 12.0 Å². The molecule has 162 valence electrons. The van der Waals surface area contributed by atoms with Gasteiger partial charge in [-0.05, 0) is 53.9 Å². The van der Waals surface area contributed by atoms with Crippen molar-refractivity contribution >= 4 is 34.7 Å². The molecular formula is C25H21ClN2O4. The van der Waals surface area contributed by atoms with E-state index in [1.54, 1.807) is 48.8 Å². The zero-order valence-electron chi connectivity index (χ0n) is 17.6. The molecule has 1 aliphatic rings. The molecule has 32 heavy (non-hydrogen) atoms. The molecule has 0 saturated carbocycles. The summed E-state index contributed by atoms with van der Waals surface area (Å²) in [5.74, 6) is -1.45. The molecule has 2 heterocycles. The molecule has 1 amide bonds. The van der Waals surface area contributed by atoms with Crippen molar-refractivity contribution in [2.45, 2.75) is 19.4 Å². The van der Waals surface area contributed by atoms with Crippen LogP contribution in [0.25, 0.3) is 5.76 Å². The minimum absolute atomic E-state index is 0.0213. The Labute approximate surface area is 190 Å². The summed E-state index contributed by atoms with van der Waals surface area (Å²) >= 11 is 6.10. The molecule has 1 atom stereocenters. The second-order valence-corrected chi connectivity index (χ2v) is 7.73. The number of carbonyl (C=O) groups is 2. The van der Waals surface area contributed by atoms with E-state index in [1.807, 2.05) is 19.1 Å². The number of amides is 1. The minimum atomic E-state index is -0.835. The molecule has 2 aromatic carbocycles. The van der Waals surface area contributed by atoms with E-state index >= 15 is 0 Å². The zero-order chi connectivity index (χ0) is 22.8. The molecule has 7 heteroatoms. The van der Waals surface area contributed by atoms with Crippen LogP contribution in [0.1, 0.15) is 29.7 Å². The number of hydrogen-bond donors (Lipinski definition) is 1. The number of aromatic nitrogens is 1. The highest BCUT2D eigenvalue weighted by Crippen LogP contribution is 2.42. The van der Waals surface area contributed by atoms with Crippen LogP contribution in [0.5, 0.6) is 5.75 Å². The van der Waals surface area contributed by atoms with Crippen molar-refractivity contribution in [1.29, 1.82) is 0 Å². The van der Waals surface area contributed by atoms with Gasteiger partial charge < -0.3 is 9.84 Å². The minimum Gasteiger partial charge on any atom is -0.507 e. The lowest BCUT2D eigenvalue weighted by atomic mass is 9.96.